The molecule has 31 heavy (non-hydrogen) atoms. The Morgan fingerprint density at radius 1 is 0.871 bits per heavy atom. The number of aryl methyl sites for hydroxylation is 1. The Morgan fingerprint density at radius 3 is 2.00 bits per heavy atom. The maximum absolute atomic E-state index is 12.7. The van der Waals surface area contributed by atoms with E-state index in [0.717, 1.165) is 5.56 Å². The summed E-state index contributed by atoms with van der Waals surface area (Å²) in [5, 5.41) is 2.61. The van der Waals surface area contributed by atoms with Crippen LogP contribution in [0.25, 0.3) is 0 Å². The number of carbonyl (C=O) groups excluding carboxylic acids is 2. The molecule has 2 heterocycles. The third-order valence-electron chi connectivity index (χ3n) is 5.55. The molecule has 1 saturated heterocycles. The zero-order valence-corrected chi connectivity index (χ0v) is 17.6. The second-order valence-electron chi connectivity index (χ2n) is 7.72. The predicted molar refractivity (Wildman–Crippen MR) is 120 cm³/mol. The van der Waals surface area contributed by atoms with Gasteiger partial charge in [0.05, 0.1) is 6.04 Å². The number of aromatic nitrogens is 1. The van der Waals surface area contributed by atoms with E-state index in [2.05, 4.69) is 63.7 Å². The highest BCUT2D eigenvalue weighted by Crippen LogP contribution is 2.29. The number of hydrogen-bond donors (Lipinski definition) is 1. The van der Waals surface area contributed by atoms with E-state index >= 15 is 0 Å². The molecule has 0 radical (unpaired) electrons. The molecule has 0 atom stereocenters. The van der Waals surface area contributed by atoms with E-state index in [1.807, 2.05) is 25.1 Å². The number of rotatable bonds is 4. The molecule has 6 nitrogen and oxygen atoms in total. The molecule has 0 unspecified atom stereocenters. The van der Waals surface area contributed by atoms with Crippen LogP contribution < -0.4 is 5.32 Å². The van der Waals surface area contributed by atoms with Gasteiger partial charge in [-0.15, -0.1) is 0 Å². The molecule has 2 aromatic carbocycles. The Balaban J connectivity index is 1.43. The van der Waals surface area contributed by atoms with Crippen LogP contribution in [0.3, 0.4) is 0 Å². The minimum Gasteiger partial charge on any atom is -0.332 e. The molecule has 0 spiro atoms. The van der Waals surface area contributed by atoms with Crippen LogP contribution in [0.2, 0.25) is 0 Å². The molecule has 6 heteroatoms. The summed E-state index contributed by atoms with van der Waals surface area (Å²) in [7, 11) is 0. The SMILES string of the molecule is Cc1ccnc(NC(=O)C(=O)N2CCN(C(c3ccccc3)c3ccccc3)CC2)c1. The molecular weight excluding hydrogens is 388 g/mol. The van der Waals surface area contributed by atoms with E-state index in [4.69, 9.17) is 0 Å². The van der Waals surface area contributed by atoms with E-state index in [1.165, 1.54) is 11.1 Å². The van der Waals surface area contributed by atoms with Gasteiger partial charge in [0, 0.05) is 32.4 Å². The average Bonchev–Trinajstić information content (AvgIpc) is 2.81. The normalized spacial score (nSPS) is 14.5. The van der Waals surface area contributed by atoms with Gasteiger partial charge >= 0.3 is 11.8 Å². The summed E-state index contributed by atoms with van der Waals surface area (Å²) in [6.07, 6.45) is 1.61. The lowest BCUT2D eigenvalue weighted by molar-refractivity contribution is -0.144. The van der Waals surface area contributed by atoms with Crippen LogP contribution in [-0.4, -0.2) is 52.8 Å². The Morgan fingerprint density at radius 2 is 1.45 bits per heavy atom. The largest absolute Gasteiger partial charge is 0.332 e. The van der Waals surface area contributed by atoms with Gasteiger partial charge in [-0.05, 0) is 35.7 Å². The van der Waals surface area contributed by atoms with Gasteiger partial charge in [0.1, 0.15) is 5.82 Å². The Kier molecular flexibility index (Phi) is 6.38. The van der Waals surface area contributed by atoms with Crippen LogP contribution in [0.5, 0.6) is 0 Å². The van der Waals surface area contributed by atoms with Gasteiger partial charge in [-0.25, -0.2) is 4.98 Å². The maximum Gasteiger partial charge on any atom is 0.315 e. The molecule has 1 fully saturated rings. The maximum atomic E-state index is 12.7. The summed E-state index contributed by atoms with van der Waals surface area (Å²) in [5.41, 5.74) is 3.41. The first kappa shape index (κ1) is 20.8. The number of carbonyl (C=O) groups is 2. The van der Waals surface area contributed by atoms with Crippen molar-refractivity contribution in [1.82, 2.24) is 14.8 Å². The summed E-state index contributed by atoms with van der Waals surface area (Å²) in [4.78, 5) is 33.2. The van der Waals surface area contributed by atoms with Crippen molar-refractivity contribution in [3.8, 4) is 0 Å². The molecule has 0 bridgehead atoms. The fraction of sp³-hybridized carbons (Fsp3) is 0.240. The number of benzene rings is 2. The summed E-state index contributed by atoms with van der Waals surface area (Å²) < 4.78 is 0. The number of anilines is 1. The van der Waals surface area contributed by atoms with Gasteiger partial charge in [0.2, 0.25) is 0 Å². The lowest BCUT2D eigenvalue weighted by atomic mass is 9.96. The second kappa shape index (κ2) is 9.53. The van der Waals surface area contributed by atoms with E-state index in [1.54, 1.807) is 17.2 Å². The van der Waals surface area contributed by atoms with Gasteiger partial charge < -0.3 is 10.2 Å². The molecule has 1 aliphatic rings. The summed E-state index contributed by atoms with van der Waals surface area (Å²) in [6.45, 7) is 4.30. The van der Waals surface area contributed by atoms with E-state index in [0.29, 0.717) is 32.0 Å². The van der Waals surface area contributed by atoms with Crippen molar-refractivity contribution in [2.45, 2.75) is 13.0 Å². The van der Waals surface area contributed by atoms with Crippen molar-refractivity contribution in [1.29, 1.82) is 0 Å². The quantitative estimate of drug-likeness (QED) is 0.666. The topological polar surface area (TPSA) is 65.5 Å². The fourth-order valence-corrected chi connectivity index (χ4v) is 3.99. The lowest BCUT2D eigenvalue weighted by Gasteiger charge is -2.39. The van der Waals surface area contributed by atoms with Crippen molar-refractivity contribution in [2.75, 3.05) is 31.5 Å². The Hall–Kier alpha value is -3.51. The van der Waals surface area contributed by atoms with Crippen LogP contribution >= 0.6 is 0 Å². The minimum absolute atomic E-state index is 0.116. The molecular formula is C25H26N4O2. The summed E-state index contributed by atoms with van der Waals surface area (Å²) in [5.74, 6) is -0.765. The van der Waals surface area contributed by atoms with Crippen LogP contribution in [0.15, 0.2) is 79.0 Å². The van der Waals surface area contributed by atoms with Gasteiger partial charge in [-0.3, -0.25) is 14.5 Å². The highest BCUT2D eigenvalue weighted by Gasteiger charge is 2.30. The number of piperazine rings is 1. The van der Waals surface area contributed by atoms with Crippen LogP contribution in [-0.2, 0) is 9.59 Å². The highest BCUT2D eigenvalue weighted by atomic mass is 16.2. The van der Waals surface area contributed by atoms with Gasteiger partial charge in [0.25, 0.3) is 0 Å². The van der Waals surface area contributed by atoms with Crippen molar-refractivity contribution in [3.05, 3.63) is 95.7 Å². The first-order valence-electron chi connectivity index (χ1n) is 10.5. The smallest absolute Gasteiger partial charge is 0.315 e. The number of pyridine rings is 1. The first-order valence-corrected chi connectivity index (χ1v) is 10.5. The van der Waals surface area contributed by atoms with E-state index in [9.17, 15) is 9.59 Å². The van der Waals surface area contributed by atoms with Gasteiger partial charge in [0.15, 0.2) is 0 Å². The van der Waals surface area contributed by atoms with Crippen molar-refractivity contribution < 1.29 is 9.59 Å². The van der Waals surface area contributed by atoms with Crippen LogP contribution in [0.1, 0.15) is 22.7 Å². The third-order valence-corrected chi connectivity index (χ3v) is 5.55. The molecule has 3 aromatic rings. The number of nitrogens with one attached hydrogen (secondary N) is 1. The predicted octanol–water partition coefficient (Wildman–Crippen LogP) is 3.26. The molecule has 1 aliphatic heterocycles. The average molecular weight is 415 g/mol. The molecule has 4 rings (SSSR count). The first-order chi connectivity index (χ1) is 15.1. The molecule has 0 aliphatic carbocycles. The minimum atomic E-state index is -0.644. The van der Waals surface area contributed by atoms with Crippen molar-refractivity contribution >= 4 is 17.6 Å². The van der Waals surface area contributed by atoms with E-state index < -0.39 is 11.8 Å². The Labute approximate surface area is 182 Å². The number of hydrogen-bond acceptors (Lipinski definition) is 4. The third kappa shape index (κ3) is 4.98. The zero-order valence-electron chi connectivity index (χ0n) is 17.6. The van der Waals surface area contributed by atoms with Crippen LogP contribution in [0, 0.1) is 6.92 Å². The summed E-state index contributed by atoms with van der Waals surface area (Å²) >= 11 is 0. The fourth-order valence-electron chi connectivity index (χ4n) is 3.99. The molecule has 1 aromatic heterocycles. The van der Waals surface area contributed by atoms with Crippen molar-refractivity contribution in [2.24, 2.45) is 0 Å². The lowest BCUT2D eigenvalue weighted by Crippen LogP contribution is -2.52. The monoisotopic (exact) mass is 414 g/mol. The molecule has 158 valence electrons. The molecule has 2 amide bonds. The summed E-state index contributed by atoms with van der Waals surface area (Å²) in [6, 6.07) is 24.5. The van der Waals surface area contributed by atoms with Crippen LogP contribution in [0.4, 0.5) is 5.82 Å². The van der Waals surface area contributed by atoms with E-state index in [-0.39, 0.29) is 6.04 Å². The highest BCUT2D eigenvalue weighted by molar-refractivity contribution is 6.39. The molecule has 0 saturated carbocycles. The van der Waals surface area contributed by atoms with Gasteiger partial charge in [-0.2, -0.15) is 0 Å². The standard InChI is InChI=1S/C25H26N4O2/c1-19-12-13-26-22(18-19)27-24(30)25(31)29-16-14-28(15-17-29)23(20-8-4-2-5-9-20)21-10-6-3-7-11-21/h2-13,18,23H,14-17H2,1H3,(H,26,27,30). The number of nitrogens with zero attached hydrogens (tertiary/aromatic N) is 3. The van der Waals surface area contributed by atoms with Crippen molar-refractivity contribution in [3.63, 3.8) is 0 Å². The molecule has 1 N–H and O–H groups in total. The second-order valence-corrected chi connectivity index (χ2v) is 7.72. The Bertz CT molecular complexity index is 992. The zero-order chi connectivity index (χ0) is 21.6. The number of amides is 2. The van der Waals surface area contributed by atoms with Gasteiger partial charge in [-0.1, -0.05) is 60.7 Å².